The number of para-hydroxylation sites is 1. The van der Waals surface area contributed by atoms with E-state index >= 15 is 0 Å². The molecule has 0 fully saturated rings. The van der Waals surface area contributed by atoms with Crippen molar-refractivity contribution < 1.29 is 4.42 Å². The molecule has 0 unspecified atom stereocenters. The van der Waals surface area contributed by atoms with E-state index in [9.17, 15) is 0 Å². The Morgan fingerprint density at radius 2 is 1.07 bits per heavy atom. The minimum absolute atomic E-state index is 0.920. The van der Waals surface area contributed by atoms with Gasteiger partial charge in [0.05, 0.1) is 11.0 Å². The largest absolute Gasteiger partial charge is 0.455 e. The number of nitrogens with zero attached hydrogens (tertiary/aromatic N) is 1. The zero-order valence-electron chi connectivity index (χ0n) is 21.6. The molecule has 0 N–H and O–H groups in total. The van der Waals surface area contributed by atoms with Crippen LogP contribution in [0.4, 0.5) is 0 Å². The topological polar surface area (TPSA) is 18.1 Å². The molecule has 0 radical (unpaired) electrons. The van der Waals surface area contributed by atoms with Crippen molar-refractivity contribution in [2.24, 2.45) is 0 Å². The molecular formula is C38H23NO. The van der Waals surface area contributed by atoms with Gasteiger partial charge in [0.25, 0.3) is 0 Å². The molecule has 2 heterocycles. The molecule has 9 aromatic rings. The van der Waals surface area contributed by atoms with Crippen LogP contribution in [0.3, 0.4) is 0 Å². The minimum atomic E-state index is 0.920. The van der Waals surface area contributed by atoms with Gasteiger partial charge in [0.1, 0.15) is 11.2 Å². The van der Waals surface area contributed by atoms with Crippen LogP contribution in [0, 0.1) is 0 Å². The zero-order chi connectivity index (χ0) is 26.2. The lowest BCUT2D eigenvalue weighted by Crippen LogP contribution is -1.93. The van der Waals surface area contributed by atoms with Crippen LogP contribution in [-0.2, 0) is 0 Å². The summed E-state index contributed by atoms with van der Waals surface area (Å²) < 4.78 is 8.75. The van der Waals surface area contributed by atoms with Gasteiger partial charge in [-0.15, -0.1) is 0 Å². The van der Waals surface area contributed by atoms with Crippen molar-refractivity contribution in [1.29, 1.82) is 0 Å². The van der Waals surface area contributed by atoms with E-state index in [1.54, 1.807) is 0 Å². The zero-order valence-corrected chi connectivity index (χ0v) is 21.6. The summed E-state index contributed by atoms with van der Waals surface area (Å²) in [5.41, 5.74) is 7.87. The molecule has 0 saturated heterocycles. The van der Waals surface area contributed by atoms with Crippen molar-refractivity contribution in [1.82, 2.24) is 4.57 Å². The molecular weight excluding hydrogens is 486 g/mol. The number of furan rings is 1. The predicted molar refractivity (Wildman–Crippen MR) is 169 cm³/mol. The molecule has 9 rings (SSSR count). The van der Waals surface area contributed by atoms with Crippen LogP contribution in [0.15, 0.2) is 144 Å². The molecule has 2 aromatic heterocycles. The highest BCUT2D eigenvalue weighted by atomic mass is 16.3. The average molecular weight is 510 g/mol. The van der Waals surface area contributed by atoms with E-state index in [-0.39, 0.29) is 0 Å². The van der Waals surface area contributed by atoms with Crippen LogP contribution in [0.2, 0.25) is 0 Å². The van der Waals surface area contributed by atoms with Crippen molar-refractivity contribution in [3.8, 4) is 16.8 Å². The van der Waals surface area contributed by atoms with Gasteiger partial charge in [-0.25, -0.2) is 0 Å². The van der Waals surface area contributed by atoms with Gasteiger partial charge in [-0.2, -0.15) is 0 Å². The third-order valence-corrected chi connectivity index (χ3v) is 8.36. The normalized spacial score (nSPS) is 12.0. The first-order valence-electron chi connectivity index (χ1n) is 13.7. The molecule has 40 heavy (non-hydrogen) atoms. The lowest BCUT2D eigenvalue weighted by atomic mass is 10.00. The smallest absolute Gasteiger partial charge is 0.143 e. The van der Waals surface area contributed by atoms with Gasteiger partial charge in [0, 0.05) is 32.6 Å². The number of hydrogen-bond acceptors (Lipinski definition) is 1. The third-order valence-electron chi connectivity index (χ3n) is 8.36. The summed E-state index contributed by atoms with van der Waals surface area (Å²) in [4.78, 5) is 0. The highest BCUT2D eigenvalue weighted by molar-refractivity contribution is 6.16. The monoisotopic (exact) mass is 509 g/mol. The average Bonchev–Trinajstić information content (AvgIpc) is 3.56. The summed E-state index contributed by atoms with van der Waals surface area (Å²) in [5.74, 6) is 0. The van der Waals surface area contributed by atoms with Crippen molar-refractivity contribution in [3.05, 3.63) is 140 Å². The van der Waals surface area contributed by atoms with Crippen LogP contribution in [0.25, 0.3) is 82.1 Å². The van der Waals surface area contributed by atoms with Crippen LogP contribution in [0.5, 0.6) is 0 Å². The van der Waals surface area contributed by atoms with Crippen molar-refractivity contribution in [3.63, 3.8) is 0 Å². The van der Waals surface area contributed by atoms with Gasteiger partial charge in [-0.1, -0.05) is 91.0 Å². The maximum Gasteiger partial charge on any atom is 0.143 e. The fourth-order valence-electron chi connectivity index (χ4n) is 6.43. The lowest BCUT2D eigenvalue weighted by Gasteiger charge is -2.10. The standard InChI is InChI=1S/C38H23NO/c1-2-9-26-21-29(17-13-24(26)7-1)39-35-12-6-5-11-31(35)33-22-27(15-19-36(33)39)28-16-20-37-34(23-28)32-18-14-25-8-3-4-10-30(25)38(32)40-37/h1-23H. The first-order valence-corrected chi connectivity index (χ1v) is 13.7. The van der Waals surface area contributed by atoms with Gasteiger partial charge >= 0.3 is 0 Å². The quantitative estimate of drug-likeness (QED) is 0.227. The van der Waals surface area contributed by atoms with E-state index < -0.39 is 0 Å². The number of aromatic nitrogens is 1. The summed E-state index contributed by atoms with van der Waals surface area (Å²) in [6.07, 6.45) is 0. The van der Waals surface area contributed by atoms with Crippen LogP contribution in [-0.4, -0.2) is 4.57 Å². The maximum absolute atomic E-state index is 6.36. The molecule has 7 aromatic carbocycles. The molecule has 0 spiro atoms. The van der Waals surface area contributed by atoms with E-state index in [2.05, 4.69) is 144 Å². The molecule has 0 aliphatic carbocycles. The van der Waals surface area contributed by atoms with E-state index in [0.717, 1.165) is 27.3 Å². The fourth-order valence-corrected chi connectivity index (χ4v) is 6.43. The molecule has 0 bridgehead atoms. The van der Waals surface area contributed by atoms with Gasteiger partial charge in [-0.05, 0) is 75.8 Å². The maximum atomic E-state index is 6.36. The predicted octanol–water partition coefficient (Wildman–Crippen LogP) is 10.7. The first-order chi connectivity index (χ1) is 19.8. The molecule has 0 amide bonds. The lowest BCUT2D eigenvalue weighted by molar-refractivity contribution is 0.672. The first kappa shape index (κ1) is 21.6. The summed E-state index contributed by atoms with van der Waals surface area (Å²) >= 11 is 0. The second kappa shape index (κ2) is 8.08. The Morgan fingerprint density at radius 3 is 1.98 bits per heavy atom. The summed E-state index contributed by atoms with van der Waals surface area (Å²) in [6, 6.07) is 50.2. The van der Waals surface area contributed by atoms with Crippen molar-refractivity contribution >= 4 is 65.3 Å². The van der Waals surface area contributed by atoms with E-state index in [1.165, 1.54) is 54.8 Å². The SMILES string of the molecule is c1ccc2cc(-n3c4ccccc4c4cc(-c5ccc6oc7c8ccccc8ccc7c6c5)ccc43)ccc2c1. The van der Waals surface area contributed by atoms with Crippen LogP contribution in [0.1, 0.15) is 0 Å². The Hall–Kier alpha value is -5.34. The number of hydrogen-bond donors (Lipinski definition) is 0. The Morgan fingerprint density at radius 1 is 0.400 bits per heavy atom. The van der Waals surface area contributed by atoms with Crippen LogP contribution < -0.4 is 0 Å². The Kier molecular flexibility index (Phi) is 4.36. The minimum Gasteiger partial charge on any atom is -0.455 e. The van der Waals surface area contributed by atoms with Crippen LogP contribution >= 0.6 is 0 Å². The van der Waals surface area contributed by atoms with Gasteiger partial charge < -0.3 is 8.98 Å². The second-order valence-corrected chi connectivity index (χ2v) is 10.6. The van der Waals surface area contributed by atoms with E-state index in [0.29, 0.717) is 0 Å². The molecule has 186 valence electrons. The summed E-state index contributed by atoms with van der Waals surface area (Å²) in [6.45, 7) is 0. The Bertz CT molecular complexity index is 2440. The number of rotatable bonds is 2. The second-order valence-electron chi connectivity index (χ2n) is 10.6. The van der Waals surface area contributed by atoms with Crippen molar-refractivity contribution in [2.45, 2.75) is 0 Å². The molecule has 0 atom stereocenters. The Labute approximate surface area is 230 Å². The Balaban J connectivity index is 1.25. The molecule has 0 aliphatic rings. The molecule has 0 saturated carbocycles. The van der Waals surface area contributed by atoms with E-state index in [1.807, 2.05) is 0 Å². The number of benzene rings is 7. The highest BCUT2D eigenvalue weighted by Crippen LogP contribution is 2.39. The van der Waals surface area contributed by atoms with Crippen molar-refractivity contribution in [2.75, 3.05) is 0 Å². The van der Waals surface area contributed by atoms with Gasteiger partial charge in [0.2, 0.25) is 0 Å². The molecule has 2 heteroatoms. The summed E-state index contributed by atoms with van der Waals surface area (Å²) in [5, 5.41) is 9.67. The molecule has 0 aliphatic heterocycles. The third kappa shape index (κ3) is 3.05. The number of fused-ring (bicyclic) bond motifs is 9. The van der Waals surface area contributed by atoms with Gasteiger partial charge in [0.15, 0.2) is 0 Å². The summed E-state index contributed by atoms with van der Waals surface area (Å²) in [7, 11) is 0. The van der Waals surface area contributed by atoms with Gasteiger partial charge in [-0.3, -0.25) is 0 Å². The highest BCUT2D eigenvalue weighted by Gasteiger charge is 2.15. The van der Waals surface area contributed by atoms with E-state index in [4.69, 9.17) is 4.42 Å². The fraction of sp³-hybridized carbons (Fsp3) is 0. The molecule has 2 nitrogen and oxygen atoms in total.